The van der Waals surface area contributed by atoms with Crippen molar-refractivity contribution >= 4 is 39.2 Å². The van der Waals surface area contributed by atoms with Gasteiger partial charge in [-0.3, -0.25) is 14.2 Å². The van der Waals surface area contributed by atoms with Crippen molar-refractivity contribution in [2.24, 2.45) is 0 Å². The largest absolute Gasteiger partial charge is 0.342 e. The summed E-state index contributed by atoms with van der Waals surface area (Å²) in [5.74, 6) is 0.389. The number of nitrogens with zero attached hydrogens (tertiary/aromatic N) is 3. The highest BCUT2D eigenvalue weighted by Crippen LogP contribution is 2.35. The number of hydrogen-bond donors (Lipinski definition) is 0. The normalized spacial score (nSPS) is 16.0. The van der Waals surface area contributed by atoms with Gasteiger partial charge in [0.1, 0.15) is 4.83 Å². The first kappa shape index (κ1) is 18.9. The number of rotatable bonds is 5. The lowest BCUT2D eigenvalue weighted by Crippen LogP contribution is -2.30. The standard InChI is InChI=1S/C22H23N3O2S2/c1-24(14-11-12-14)18(26)13-28-22-23-20-19(16-9-5-6-10-17(16)29-20)21(27)25(22)15-7-3-2-4-8-15/h2-4,7-8,14H,5-6,9-13H2,1H3. The average molecular weight is 426 g/mol. The fourth-order valence-corrected chi connectivity index (χ4v) is 6.22. The van der Waals surface area contributed by atoms with Crippen LogP contribution in [0.1, 0.15) is 36.1 Å². The fraction of sp³-hybridized carbons (Fsp3) is 0.409. The molecule has 2 aliphatic rings. The number of para-hydroxylation sites is 1. The highest BCUT2D eigenvalue weighted by molar-refractivity contribution is 7.99. The Labute approximate surface area is 177 Å². The molecule has 0 bridgehead atoms. The maximum absolute atomic E-state index is 13.6. The molecule has 0 saturated heterocycles. The van der Waals surface area contributed by atoms with Gasteiger partial charge in [-0.25, -0.2) is 4.98 Å². The van der Waals surface area contributed by atoms with Gasteiger partial charge in [0, 0.05) is 18.0 Å². The molecule has 0 unspecified atom stereocenters. The van der Waals surface area contributed by atoms with E-state index in [9.17, 15) is 9.59 Å². The number of amides is 1. The summed E-state index contributed by atoms with van der Waals surface area (Å²) in [7, 11) is 1.87. The molecular weight excluding hydrogens is 402 g/mol. The highest BCUT2D eigenvalue weighted by atomic mass is 32.2. The monoisotopic (exact) mass is 425 g/mol. The predicted octanol–water partition coefficient (Wildman–Crippen LogP) is 4.04. The molecule has 5 rings (SSSR count). The van der Waals surface area contributed by atoms with Crippen LogP contribution in [0.3, 0.4) is 0 Å². The second-order valence-electron chi connectivity index (χ2n) is 7.79. The topological polar surface area (TPSA) is 55.2 Å². The average Bonchev–Trinajstić information content (AvgIpc) is 3.52. The van der Waals surface area contributed by atoms with Crippen molar-refractivity contribution in [1.29, 1.82) is 0 Å². The number of thioether (sulfide) groups is 1. The molecule has 1 fully saturated rings. The van der Waals surface area contributed by atoms with Gasteiger partial charge in [0.15, 0.2) is 5.16 Å². The first-order valence-corrected chi connectivity index (χ1v) is 11.9. The van der Waals surface area contributed by atoms with Crippen LogP contribution in [0.4, 0.5) is 0 Å². The molecule has 7 heteroatoms. The SMILES string of the molecule is CN(C(=O)CSc1nc2sc3c(c2c(=O)n1-c1ccccc1)CCCC3)C1CC1. The lowest BCUT2D eigenvalue weighted by molar-refractivity contribution is -0.127. The van der Waals surface area contributed by atoms with E-state index in [1.807, 2.05) is 42.3 Å². The van der Waals surface area contributed by atoms with Gasteiger partial charge >= 0.3 is 0 Å². The minimum absolute atomic E-state index is 0.00824. The van der Waals surface area contributed by atoms with E-state index < -0.39 is 0 Å². The number of thiophene rings is 1. The molecule has 0 radical (unpaired) electrons. The van der Waals surface area contributed by atoms with Crippen LogP contribution < -0.4 is 5.56 Å². The predicted molar refractivity (Wildman–Crippen MR) is 118 cm³/mol. The van der Waals surface area contributed by atoms with Crippen molar-refractivity contribution in [2.45, 2.75) is 49.7 Å². The Balaban J connectivity index is 1.59. The Hall–Kier alpha value is -2.12. The van der Waals surface area contributed by atoms with Gasteiger partial charge in [-0.1, -0.05) is 30.0 Å². The third kappa shape index (κ3) is 3.51. The Morgan fingerprint density at radius 1 is 1.24 bits per heavy atom. The van der Waals surface area contributed by atoms with Crippen molar-refractivity contribution in [2.75, 3.05) is 12.8 Å². The van der Waals surface area contributed by atoms with Gasteiger partial charge < -0.3 is 4.90 Å². The number of aryl methyl sites for hydroxylation is 2. The first-order valence-electron chi connectivity index (χ1n) is 10.1. The van der Waals surface area contributed by atoms with Crippen molar-refractivity contribution in [3.8, 4) is 5.69 Å². The minimum atomic E-state index is -0.00824. The molecule has 5 nitrogen and oxygen atoms in total. The number of aromatic nitrogens is 2. The van der Waals surface area contributed by atoms with Gasteiger partial charge in [0.05, 0.1) is 16.8 Å². The van der Waals surface area contributed by atoms with Crippen LogP contribution in [0.25, 0.3) is 15.9 Å². The van der Waals surface area contributed by atoms with Crippen LogP contribution in [0.5, 0.6) is 0 Å². The molecule has 0 atom stereocenters. The molecule has 150 valence electrons. The Bertz CT molecular complexity index is 1130. The summed E-state index contributed by atoms with van der Waals surface area (Å²) >= 11 is 3.02. The van der Waals surface area contributed by atoms with E-state index in [2.05, 4.69) is 0 Å². The van der Waals surface area contributed by atoms with E-state index in [-0.39, 0.29) is 11.5 Å². The molecule has 1 aromatic carbocycles. The number of hydrogen-bond acceptors (Lipinski definition) is 5. The van der Waals surface area contributed by atoms with Crippen LogP contribution in [0.2, 0.25) is 0 Å². The first-order chi connectivity index (χ1) is 14.1. The Morgan fingerprint density at radius 2 is 2.00 bits per heavy atom. The van der Waals surface area contributed by atoms with Crippen molar-refractivity contribution < 1.29 is 4.79 Å². The van der Waals surface area contributed by atoms with Gasteiger partial charge in [0.2, 0.25) is 5.91 Å². The highest BCUT2D eigenvalue weighted by Gasteiger charge is 2.30. The number of benzene rings is 1. The summed E-state index contributed by atoms with van der Waals surface area (Å²) in [6.45, 7) is 0. The zero-order valence-corrected chi connectivity index (χ0v) is 18.0. The number of fused-ring (bicyclic) bond motifs is 3. The van der Waals surface area contributed by atoms with Gasteiger partial charge in [-0.05, 0) is 56.2 Å². The van der Waals surface area contributed by atoms with Crippen molar-refractivity contribution in [3.63, 3.8) is 0 Å². The van der Waals surface area contributed by atoms with Crippen LogP contribution in [0.15, 0.2) is 40.3 Å². The quantitative estimate of drug-likeness (QED) is 0.457. The smallest absolute Gasteiger partial charge is 0.267 e. The van der Waals surface area contributed by atoms with E-state index in [0.717, 1.165) is 48.0 Å². The van der Waals surface area contributed by atoms with Crippen molar-refractivity contribution in [1.82, 2.24) is 14.5 Å². The molecular formula is C22H23N3O2S2. The van der Waals surface area contributed by atoms with Gasteiger partial charge in [-0.2, -0.15) is 0 Å². The number of carbonyl (C=O) groups is 1. The van der Waals surface area contributed by atoms with E-state index in [0.29, 0.717) is 17.0 Å². The molecule has 2 aliphatic carbocycles. The van der Waals surface area contributed by atoms with Crippen LogP contribution in [-0.2, 0) is 17.6 Å². The lowest BCUT2D eigenvalue weighted by atomic mass is 9.97. The Kier molecular flexibility index (Phi) is 4.95. The zero-order chi connectivity index (χ0) is 20.0. The second kappa shape index (κ2) is 7.61. The summed E-state index contributed by atoms with van der Waals surface area (Å²) in [4.78, 5) is 35.0. The maximum atomic E-state index is 13.6. The van der Waals surface area contributed by atoms with Crippen molar-refractivity contribution in [3.05, 3.63) is 51.1 Å². The third-order valence-electron chi connectivity index (χ3n) is 5.79. The fourth-order valence-electron chi connectivity index (χ4n) is 3.98. The summed E-state index contributed by atoms with van der Waals surface area (Å²) in [6, 6.07) is 10.0. The van der Waals surface area contributed by atoms with E-state index in [1.54, 1.807) is 15.9 Å². The molecule has 1 saturated carbocycles. The van der Waals surface area contributed by atoms with Crippen LogP contribution >= 0.6 is 23.1 Å². The lowest BCUT2D eigenvalue weighted by Gasteiger charge is -2.17. The zero-order valence-electron chi connectivity index (χ0n) is 16.4. The van der Waals surface area contributed by atoms with Gasteiger partial charge in [-0.15, -0.1) is 11.3 Å². The third-order valence-corrected chi connectivity index (χ3v) is 7.89. The minimum Gasteiger partial charge on any atom is -0.342 e. The summed E-state index contributed by atoms with van der Waals surface area (Å²) < 4.78 is 1.69. The van der Waals surface area contributed by atoms with E-state index >= 15 is 0 Å². The molecule has 1 amide bonds. The van der Waals surface area contributed by atoms with E-state index in [1.165, 1.54) is 28.6 Å². The molecule has 2 aromatic heterocycles. The summed E-state index contributed by atoms with van der Waals surface area (Å²) in [5.41, 5.74) is 1.98. The molecule has 29 heavy (non-hydrogen) atoms. The molecule has 0 N–H and O–H groups in total. The molecule has 2 heterocycles. The molecule has 3 aromatic rings. The van der Waals surface area contributed by atoms with Gasteiger partial charge in [0.25, 0.3) is 5.56 Å². The molecule has 0 aliphatic heterocycles. The van der Waals surface area contributed by atoms with Crippen LogP contribution in [-0.4, -0.2) is 39.2 Å². The number of carbonyl (C=O) groups excluding carboxylic acids is 1. The van der Waals surface area contributed by atoms with E-state index in [4.69, 9.17) is 4.98 Å². The second-order valence-corrected chi connectivity index (χ2v) is 9.81. The maximum Gasteiger partial charge on any atom is 0.267 e. The molecule has 0 spiro atoms. The Morgan fingerprint density at radius 3 is 2.76 bits per heavy atom. The van der Waals surface area contributed by atoms with Crippen LogP contribution in [0, 0.1) is 0 Å². The summed E-state index contributed by atoms with van der Waals surface area (Å²) in [6.07, 6.45) is 6.48. The summed E-state index contributed by atoms with van der Waals surface area (Å²) in [5, 5.41) is 1.38.